The number of aliphatic carboxylic acids is 1. The lowest BCUT2D eigenvalue weighted by atomic mass is 10.0. The van der Waals surface area contributed by atoms with Crippen LogP contribution in [0.2, 0.25) is 0 Å². The van der Waals surface area contributed by atoms with Crippen LogP contribution < -0.4 is 38.9 Å². The molecule has 0 rings (SSSR count). The summed E-state index contributed by atoms with van der Waals surface area (Å²) in [4.78, 5) is 61.2. The van der Waals surface area contributed by atoms with Crippen LogP contribution in [0.25, 0.3) is 0 Å². The van der Waals surface area contributed by atoms with Crippen molar-refractivity contribution in [2.75, 3.05) is 13.1 Å². The van der Waals surface area contributed by atoms with E-state index in [1.165, 1.54) is 0 Å². The van der Waals surface area contributed by atoms with Crippen LogP contribution >= 0.6 is 0 Å². The minimum atomic E-state index is -1.20. The molecule has 13 heteroatoms. The molecule has 35 heavy (non-hydrogen) atoms. The molecule has 0 aliphatic rings. The molecule has 0 aliphatic carbocycles. The van der Waals surface area contributed by atoms with Gasteiger partial charge in [0.2, 0.25) is 23.6 Å². The van der Waals surface area contributed by atoms with Crippen LogP contribution in [0, 0.1) is 5.92 Å². The molecule has 4 atom stereocenters. The Labute approximate surface area is 206 Å². The minimum absolute atomic E-state index is 0.0916. The zero-order chi connectivity index (χ0) is 27.0. The number of hydrogen-bond donors (Lipinski definition) is 8. The van der Waals surface area contributed by atoms with E-state index in [-0.39, 0.29) is 31.6 Å². The molecule has 13 nitrogen and oxygen atoms in total. The van der Waals surface area contributed by atoms with E-state index in [0.29, 0.717) is 38.8 Å². The number of unbranched alkanes of at least 4 members (excludes halogenated alkanes) is 2. The number of nitrogens with two attached hydrogens (primary N) is 4. The number of nitrogens with one attached hydrogen (secondary N) is 3. The smallest absolute Gasteiger partial charge is 0.326 e. The van der Waals surface area contributed by atoms with Gasteiger partial charge < -0.3 is 44.0 Å². The van der Waals surface area contributed by atoms with Crippen molar-refractivity contribution in [3.05, 3.63) is 0 Å². The first-order valence-corrected chi connectivity index (χ1v) is 12.0. The lowest BCUT2D eigenvalue weighted by Gasteiger charge is -2.25. The van der Waals surface area contributed by atoms with E-state index in [0.717, 1.165) is 0 Å². The first-order chi connectivity index (χ1) is 16.4. The molecule has 0 saturated carbocycles. The Bertz CT molecular complexity index is 704. The molecule has 0 bridgehead atoms. The quantitative estimate of drug-likeness (QED) is 0.0913. The molecule has 0 saturated heterocycles. The third kappa shape index (κ3) is 13.6. The average molecular weight is 502 g/mol. The number of rotatable bonds is 19. The normalized spacial score (nSPS) is 14.5. The van der Waals surface area contributed by atoms with E-state index in [2.05, 4.69) is 16.0 Å². The third-order valence-electron chi connectivity index (χ3n) is 5.47. The predicted molar refractivity (Wildman–Crippen MR) is 130 cm³/mol. The maximum atomic E-state index is 13.0. The van der Waals surface area contributed by atoms with Crippen molar-refractivity contribution < 1.29 is 29.1 Å². The van der Waals surface area contributed by atoms with Gasteiger partial charge in [0.15, 0.2) is 0 Å². The molecule has 0 aromatic heterocycles. The molecule has 0 heterocycles. The van der Waals surface area contributed by atoms with E-state index >= 15 is 0 Å². The van der Waals surface area contributed by atoms with E-state index < -0.39 is 53.8 Å². The van der Waals surface area contributed by atoms with Gasteiger partial charge in [-0.05, 0) is 64.0 Å². The fraction of sp³-hybridized carbons (Fsp3) is 0.773. The van der Waals surface area contributed by atoms with Gasteiger partial charge in [-0.2, -0.15) is 0 Å². The zero-order valence-electron chi connectivity index (χ0n) is 20.8. The van der Waals surface area contributed by atoms with Crippen LogP contribution in [-0.2, 0) is 24.0 Å². The second-order valence-electron chi connectivity index (χ2n) is 8.87. The van der Waals surface area contributed by atoms with Gasteiger partial charge in [0.1, 0.15) is 18.1 Å². The van der Waals surface area contributed by atoms with Crippen molar-refractivity contribution in [3.8, 4) is 0 Å². The highest BCUT2D eigenvalue weighted by Crippen LogP contribution is 2.08. The third-order valence-corrected chi connectivity index (χ3v) is 5.47. The molecular weight excluding hydrogens is 458 g/mol. The minimum Gasteiger partial charge on any atom is -0.480 e. The summed E-state index contributed by atoms with van der Waals surface area (Å²) < 4.78 is 0. The Morgan fingerprint density at radius 1 is 0.714 bits per heavy atom. The monoisotopic (exact) mass is 501 g/mol. The number of hydrogen-bond acceptors (Lipinski definition) is 8. The standard InChI is InChI=1S/C22H43N7O6/c1-13(2)18(26)21(33)28-15(9-10-17(25)30)20(32)27-14(7-3-5-11-23)19(31)29-16(22(34)35)8-4-6-12-24/h13-16,18H,3-12,23-24,26H2,1-2H3,(H2,25,30)(H,27,32)(H,28,33)(H,29,31)(H,34,35). The van der Waals surface area contributed by atoms with Crippen molar-refractivity contribution in [1.82, 2.24) is 16.0 Å². The van der Waals surface area contributed by atoms with Gasteiger partial charge >= 0.3 is 5.97 Å². The van der Waals surface area contributed by atoms with E-state index in [1.807, 2.05) is 0 Å². The fourth-order valence-electron chi connectivity index (χ4n) is 3.18. The van der Waals surface area contributed by atoms with Crippen LogP contribution in [0.1, 0.15) is 65.2 Å². The van der Waals surface area contributed by atoms with Crippen LogP contribution in [0.15, 0.2) is 0 Å². The molecule has 4 amide bonds. The maximum Gasteiger partial charge on any atom is 0.326 e. The largest absolute Gasteiger partial charge is 0.480 e. The lowest BCUT2D eigenvalue weighted by molar-refractivity contribution is -0.142. The Morgan fingerprint density at radius 2 is 1.14 bits per heavy atom. The molecule has 0 radical (unpaired) electrons. The number of carbonyl (C=O) groups is 5. The highest BCUT2D eigenvalue weighted by Gasteiger charge is 2.30. The Kier molecular flexibility index (Phi) is 16.2. The van der Waals surface area contributed by atoms with Gasteiger partial charge in [-0.3, -0.25) is 19.2 Å². The molecule has 202 valence electrons. The van der Waals surface area contributed by atoms with Crippen molar-refractivity contribution in [1.29, 1.82) is 0 Å². The summed E-state index contributed by atoms with van der Waals surface area (Å²) in [6, 6.07) is -4.26. The van der Waals surface area contributed by atoms with Gasteiger partial charge in [0.25, 0.3) is 0 Å². The van der Waals surface area contributed by atoms with E-state index in [9.17, 15) is 29.1 Å². The highest BCUT2D eigenvalue weighted by molar-refractivity contribution is 5.94. The SMILES string of the molecule is CC(C)C(N)C(=O)NC(CCC(N)=O)C(=O)NC(CCCCN)C(=O)NC(CCCCN)C(=O)O. The second-order valence-corrected chi connectivity index (χ2v) is 8.87. The number of amides is 4. The Balaban J connectivity index is 5.53. The fourth-order valence-corrected chi connectivity index (χ4v) is 3.18. The zero-order valence-corrected chi connectivity index (χ0v) is 20.8. The summed E-state index contributed by atoms with van der Waals surface area (Å²) in [5.74, 6) is -4.02. The van der Waals surface area contributed by atoms with Crippen molar-refractivity contribution >= 4 is 29.6 Å². The summed E-state index contributed by atoms with van der Waals surface area (Å²) in [6.45, 7) is 4.26. The van der Waals surface area contributed by atoms with Gasteiger partial charge in [0, 0.05) is 6.42 Å². The Morgan fingerprint density at radius 3 is 1.57 bits per heavy atom. The van der Waals surface area contributed by atoms with Crippen LogP contribution in [0.4, 0.5) is 0 Å². The Hall–Kier alpha value is -2.77. The summed E-state index contributed by atoms with van der Waals surface area (Å²) in [7, 11) is 0. The number of carboxylic acids is 1. The van der Waals surface area contributed by atoms with E-state index in [4.69, 9.17) is 22.9 Å². The van der Waals surface area contributed by atoms with Crippen LogP contribution in [0.5, 0.6) is 0 Å². The summed E-state index contributed by atoms with van der Waals surface area (Å²) in [5, 5.41) is 17.0. The van der Waals surface area contributed by atoms with Crippen molar-refractivity contribution in [2.24, 2.45) is 28.9 Å². The lowest BCUT2D eigenvalue weighted by Crippen LogP contribution is -2.57. The van der Waals surface area contributed by atoms with Gasteiger partial charge in [-0.25, -0.2) is 4.79 Å². The molecule has 0 aromatic rings. The molecule has 0 aromatic carbocycles. The van der Waals surface area contributed by atoms with Crippen molar-refractivity contribution in [2.45, 2.75) is 89.4 Å². The molecule has 0 spiro atoms. The maximum absolute atomic E-state index is 13.0. The second kappa shape index (κ2) is 17.6. The summed E-state index contributed by atoms with van der Waals surface area (Å²) in [6.07, 6.45) is 2.32. The number of carbonyl (C=O) groups excluding carboxylic acids is 4. The highest BCUT2D eigenvalue weighted by atomic mass is 16.4. The molecule has 0 fully saturated rings. The molecular formula is C22H43N7O6. The molecule has 0 aliphatic heterocycles. The van der Waals surface area contributed by atoms with Gasteiger partial charge in [-0.1, -0.05) is 13.8 Å². The molecule has 4 unspecified atom stereocenters. The summed E-state index contributed by atoms with van der Waals surface area (Å²) >= 11 is 0. The van der Waals surface area contributed by atoms with Crippen LogP contribution in [0.3, 0.4) is 0 Å². The molecule has 12 N–H and O–H groups in total. The number of carboxylic acid groups (broad SMARTS) is 1. The van der Waals surface area contributed by atoms with Crippen LogP contribution in [-0.4, -0.2) is 72.0 Å². The van der Waals surface area contributed by atoms with Crippen molar-refractivity contribution in [3.63, 3.8) is 0 Å². The first-order valence-electron chi connectivity index (χ1n) is 12.0. The average Bonchev–Trinajstić information content (AvgIpc) is 2.79. The van der Waals surface area contributed by atoms with E-state index in [1.54, 1.807) is 13.8 Å². The summed E-state index contributed by atoms with van der Waals surface area (Å²) in [5.41, 5.74) is 22.0. The van der Waals surface area contributed by atoms with Gasteiger partial charge in [-0.15, -0.1) is 0 Å². The van der Waals surface area contributed by atoms with Gasteiger partial charge in [0.05, 0.1) is 6.04 Å². The number of primary amides is 1. The first kappa shape index (κ1) is 32.2. The predicted octanol–water partition coefficient (Wildman–Crippen LogP) is -1.97. The topological polar surface area (TPSA) is 246 Å².